The quantitative estimate of drug-likeness (QED) is 0.408. The van der Waals surface area contributed by atoms with Crippen molar-refractivity contribution in [1.29, 1.82) is 0 Å². The molecule has 0 amide bonds. The van der Waals surface area contributed by atoms with Crippen LogP contribution in [0.4, 0.5) is 17.2 Å². The van der Waals surface area contributed by atoms with Crippen LogP contribution in [0.2, 0.25) is 5.02 Å². The second-order valence-corrected chi connectivity index (χ2v) is 9.74. The van der Waals surface area contributed by atoms with E-state index >= 15 is 0 Å². The van der Waals surface area contributed by atoms with Crippen molar-refractivity contribution in [3.8, 4) is 0 Å². The number of sulfonamides is 1. The molecule has 12 heteroatoms. The molecule has 1 aromatic heterocycles. The van der Waals surface area contributed by atoms with E-state index < -0.39 is 14.9 Å². The minimum atomic E-state index is -3.28. The normalized spacial score (nSPS) is 18.8. The van der Waals surface area contributed by atoms with E-state index in [1.165, 1.54) is 13.2 Å². The van der Waals surface area contributed by atoms with E-state index in [9.17, 15) is 18.5 Å². The number of nitrogens with one attached hydrogen (secondary N) is 2. The fourth-order valence-corrected chi connectivity index (χ4v) is 4.51. The summed E-state index contributed by atoms with van der Waals surface area (Å²) >= 11 is 6.12. The third kappa shape index (κ3) is 5.96. The lowest BCUT2D eigenvalue weighted by atomic mass is 10.0. The highest BCUT2D eigenvalue weighted by Gasteiger charge is 2.26. The summed E-state index contributed by atoms with van der Waals surface area (Å²) < 4.78 is 25.6. The van der Waals surface area contributed by atoms with Gasteiger partial charge in [-0.25, -0.2) is 18.1 Å². The summed E-state index contributed by atoms with van der Waals surface area (Å²) in [4.78, 5) is 16.7. The van der Waals surface area contributed by atoms with Crippen LogP contribution >= 0.6 is 11.6 Å². The van der Waals surface area contributed by atoms with E-state index in [-0.39, 0.29) is 34.0 Å². The Morgan fingerprint density at radius 2 is 2.10 bits per heavy atom. The lowest BCUT2D eigenvalue weighted by Gasteiger charge is -2.32. The number of allylic oxidation sites excluding steroid dienone is 4. The highest BCUT2D eigenvalue weighted by atomic mass is 35.5. The number of nitrogen functional groups attached to an aromatic ring is 1. The zero-order valence-electron chi connectivity index (χ0n) is 17.0. The van der Waals surface area contributed by atoms with E-state index in [0.717, 1.165) is 37.1 Å². The average molecular weight is 469 g/mol. The van der Waals surface area contributed by atoms with Crippen molar-refractivity contribution in [1.82, 2.24) is 14.6 Å². The summed E-state index contributed by atoms with van der Waals surface area (Å²) in [5.41, 5.74) is 7.43. The minimum Gasteiger partial charge on any atom is -0.378 e. The first-order valence-electron chi connectivity index (χ1n) is 9.76. The fraction of sp³-hybridized carbons (Fsp3) is 0.421. The van der Waals surface area contributed by atoms with Crippen molar-refractivity contribution in [3.63, 3.8) is 0 Å². The molecule has 1 aliphatic carbocycles. The van der Waals surface area contributed by atoms with Gasteiger partial charge in [-0.3, -0.25) is 10.1 Å². The van der Waals surface area contributed by atoms with Crippen LogP contribution in [0.15, 0.2) is 41.8 Å². The molecule has 2 heterocycles. The molecule has 0 saturated carbocycles. The first-order valence-corrected chi connectivity index (χ1v) is 11.8. The number of anilines is 2. The summed E-state index contributed by atoms with van der Waals surface area (Å²) in [5.74, 6) is -0.198. The third-order valence-corrected chi connectivity index (χ3v) is 6.85. The van der Waals surface area contributed by atoms with Crippen LogP contribution < -0.4 is 15.8 Å². The monoisotopic (exact) mass is 468 g/mol. The molecule has 168 valence electrons. The standard InChI is InChI=1S/C19H25ClN6O4S/c1-22-31(29,30)12-14-4-2-13(3-5-14)11-25-8-6-15(7-9-25)24-17-16(20)10-23-19(21)18(17)26(27)28/h2,4-5,10-11,15,22H,3,6-9,12H2,1H3,(H3,21,23,24). The number of nitrogens with zero attached hydrogens (tertiary/aromatic N) is 3. The van der Waals surface area contributed by atoms with Crippen molar-refractivity contribution >= 4 is 38.8 Å². The second-order valence-electron chi connectivity index (χ2n) is 7.41. The maximum atomic E-state index is 11.7. The summed E-state index contributed by atoms with van der Waals surface area (Å²) in [6.45, 7) is 1.54. The van der Waals surface area contributed by atoms with Crippen molar-refractivity contribution < 1.29 is 13.3 Å². The van der Waals surface area contributed by atoms with E-state index in [1.54, 1.807) is 0 Å². The van der Waals surface area contributed by atoms with Crippen molar-refractivity contribution in [3.05, 3.63) is 56.9 Å². The molecule has 0 radical (unpaired) electrons. The molecule has 0 aromatic carbocycles. The number of rotatable bonds is 7. The molecule has 1 aliphatic heterocycles. The average Bonchev–Trinajstić information content (AvgIpc) is 2.73. The van der Waals surface area contributed by atoms with Crippen LogP contribution in [0.3, 0.4) is 0 Å². The van der Waals surface area contributed by atoms with Crippen LogP contribution in [0, 0.1) is 10.1 Å². The van der Waals surface area contributed by atoms with Gasteiger partial charge in [0.2, 0.25) is 15.8 Å². The summed E-state index contributed by atoms with van der Waals surface area (Å²) in [7, 11) is -1.88. The first-order chi connectivity index (χ1) is 14.7. The van der Waals surface area contributed by atoms with Gasteiger partial charge in [0, 0.05) is 25.3 Å². The number of likely N-dealkylation sites (tertiary alicyclic amines) is 1. The van der Waals surface area contributed by atoms with Crippen molar-refractivity contribution in [2.75, 3.05) is 36.9 Å². The predicted molar refractivity (Wildman–Crippen MR) is 121 cm³/mol. The van der Waals surface area contributed by atoms with E-state index in [2.05, 4.69) is 26.1 Å². The number of halogens is 1. The van der Waals surface area contributed by atoms with Crippen molar-refractivity contribution in [2.24, 2.45) is 0 Å². The molecule has 4 N–H and O–H groups in total. The smallest absolute Gasteiger partial charge is 0.335 e. The fourth-order valence-electron chi connectivity index (χ4n) is 3.52. The Hall–Kier alpha value is -2.63. The topological polar surface area (TPSA) is 143 Å². The molecule has 1 fully saturated rings. The van der Waals surface area contributed by atoms with E-state index in [4.69, 9.17) is 17.3 Å². The van der Waals surface area contributed by atoms with Gasteiger partial charge in [-0.15, -0.1) is 0 Å². The highest BCUT2D eigenvalue weighted by molar-refractivity contribution is 7.89. The Bertz CT molecular complexity index is 1050. The Kier molecular flexibility index (Phi) is 7.19. The number of pyridine rings is 1. The number of nitrogens with two attached hydrogens (primary N) is 1. The summed E-state index contributed by atoms with van der Waals surface area (Å²) in [5, 5.41) is 14.7. The lowest BCUT2D eigenvalue weighted by molar-refractivity contribution is -0.383. The molecular weight excluding hydrogens is 444 g/mol. The van der Waals surface area contributed by atoms with Gasteiger partial charge in [0.1, 0.15) is 5.69 Å². The molecule has 1 aromatic rings. The van der Waals surface area contributed by atoms with Crippen LogP contribution in [0.25, 0.3) is 0 Å². The molecule has 2 aliphatic rings. The number of aromatic nitrogens is 1. The maximum Gasteiger partial charge on any atom is 0.335 e. The maximum absolute atomic E-state index is 11.7. The summed E-state index contributed by atoms with van der Waals surface area (Å²) in [6.07, 6.45) is 11.3. The molecule has 0 unspecified atom stereocenters. The van der Waals surface area contributed by atoms with Gasteiger partial charge in [0.05, 0.1) is 21.9 Å². The zero-order valence-corrected chi connectivity index (χ0v) is 18.6. The number of hydrogen-bond donors (Lipinski definition) is 3. The van der Waals surface area contributed by atoms with Gasteiger partial charge < -0.3 is 16.0 Å². The lowest BCUT2D eigenvalue weighted by Crippen LogP contribution is -2.36. The molecule has 0 atom stereocenters. The van der Waals surface area contributed by atoms with Crippen LogP contribution in [0.5, 0.6) is 0 Å². The summed E-state index contributed by atoms with van der Waals surface area (Å²) in [6, 6.07) is 0.0211. The molecule has 1 saturated heterocycles. The number of nitro groups is 1. The minimum absolute atomic E-state index is 0.0211. The Morgan fingerprint density at radius 1 is 1.39 bits per heavy atom. The molecule has 10 nitrogen and oxygen atoms in total. The first kappa shape index (κ1) is 23.0. The number of hydrogen-bond acceptors (Lipinski definition) is 8. The van der Waals surface area contributed by atoms with Gasteiger partial charge in [-0.1, -0.05) is 29.8 Å². The van der Waals surface area contributed by atoms with Gasteiger partial charge >= 0.3 is 5.69 Å². The zero-order chi connectivity index (χ0) is 22.6. The third-order valence-electron chi connectivity index (χ3n) is 5.22. The molecule has 0 spiro atoms. The molecule has 0 bridgehead atoms. The van der Waals surface area contributed by atoms with Crippen LogP contribution in [-0.4, -0.2) is 55.2 Å². The van der Waals surface area contributed by atoms with Crippen molar-refractivity contribution in [2.45, 2.75) is 25.3 Å². The molecule has 31 heavy (non-hydrogen) atoms. The van der Waals surface area contributed by atoms with Gasteiger partial charge in [0.15, 0.2) is 0 Å². The van der Waals surface area contributed by atoms with Gasteiger partial charge in [0.25, 0.3) is 0 Å². The SMILES string of the molecule is CNS(=O)(=O)CC1=CCC(=CN2CCC(Nc3c(Cl)cnc(N)c3[N+](=O)[O-])CC2)C=C1. The van der Waals surface area contributed by atoms with Crippen LogP contribution in [0.1, 0.15) is 19.3 Å². The second kappa shape index (κ2) is 9.67. The van der Waals surface area contributed by atoms with Gasteiger partial charge in [-0.2, -0.15) is 0 Å². The Morgan fingerprint density at radius 3 is 2.68 bits per heavy atom. The Balaban J connectivity index is 1.57. The van der Waals surface area contributed by atoms with E-state index in [0.29, 0.717) is 6.42 Å². The Labute approximate surface area is 186 Å². The predicted octanol–water partition coefficient (Wildman–Crippen LogP) is 2.42. The molecular formula is C19H25ClN6O4S. The van der Waals surface area contributed by atoms with Gasteiger partial charge in [-0.05, 0) is 37.5 Å². The number of piperidine rings is 1. The molecule has 3 rings (SSSR count). The highest BCUT2D eigenvalue weighted by Crippen LogP contribution is 2.36. The van der Waals surface area contributed by atoms with Crippen LogP contribution in [-0.2, 0) is 10.0 Å². The largest absolute Gasteiger partial charge is 0.378 e. The van der Waals surface area contributed by atoms with E-state index in [1.807, 2.05) is 18.2 Å².